The van der Waals surface area contributed by atoms with Gasteiger partial charge in [0.25, 0.3) is 10.0 Å². The van der Waals surface area contributed by atoms with Crippen molar-refractivity contribution in [3.05, 3.63) is 52.2 Å². The molecule has 5 nitrogen and oxygen atoms in total. The largest absolute Gasteiger partial charge is 0.272 e. The van der Waals surface area contributed by atoms with Gasteiger partial charge in [-0.1, -0.05) is 6.07 Å². The first-order valence-corrected chi connectivity index (χ1v) is 9.05. The molecule has 0 aliphatic rings. The normalized spacial score (nSPS) is 11.6. The minimum atomic E-state index is -3.53. The highest BCUT2D eigenvalue weighted by Crippen LogP contribution is 2.20. The van der Waals surface area contributed by atoms with Crippen LogP contribution in [0.4, 0.5) is 5.82 Å². The highest BCUT2D eigenvalue weighted by Gasteiger charge is 2.17. The van der Waals surface area contributed by atoms with Crippen LogP contribution in [0.25, 0.3) is 0 Å². The van der Waals surface area contributed by atoms with Gasteiger partial charge >= 0.3 is 0 Å². The Morgan fingerprint density at radius 1 is 1.25 bits per heavy atom. The summed E-state index contributed by atoms with van der Waals surface area (Å²) in [5.74, 6) is 0.463. The SMILES string of the molecule is O=S(=O)(Nc1ccnn1Cc1ccsc1)c1cccs1. The third-order valence-electron chi connectivity index (χ3n) is 2.63. The van der Waals surface area contributed by atoms with E-state index in [0.717, 1.165) is 5.56 Å². The first-order chi connectivity index (χ1) is 9.65. The van der Waals surface area contributed by atoms with E-state index in [-0.39, 0.29) is 0 Å². The molecule has 3 aromatic rings. The predicted octanol–water partition coefficient (Wildman–Crippen LogP) is 2.86. The van der Waals surface area contributed by atoms with Crippen molar-refractivity contribution in [1.29, 1.82) is 0 Å². The zero-order valence-electron chi connectivity index (χ0n) is 10.3. The van der Waals surface area contributed by atoms with E-state index in [4.69, 9.17) is 0 Å². The second-order valence-electron chi connectivity index (χ2n) is 4.04. The number of nitrogens with zero attached hydrogens (tertiary/aromatic N) is 2. The molecule has 0 radical (unpaired) electrons. The monoisotopic (exact) mass is 325 g/mol. The van der Waals surface area contributed by atoms with Gasteiger partial charge in [0.1, 0.15) is 10.0 Å². The minimum Gasteiger partial charge on any atom is -0.263 e. The number of hydrogen-bond donors (Lipinski definition) is 1. The zero-order chi connectivity index (χ0) is 14.0. The van der Waals surface area contributed by atoms with Crippen LogP contribution >= 0.6 is 22.7 Å². The molecule has 0 bridgehead atoms. The Labute approximate surface area is 124 Å². The fourth-order valence-electron chi connectivity index (χ4n) is 1.71. The number of sulfonamides is 1. The fraction of sp³-hybridized carbons (Fsp3) is 0.0833. The van der Waals surface area contributed by atoms with Gasteiger partial charge in [0.15, 0.2) is 0 Å². The van der Waals surface area contributed by atoms with E-state index in [0.29, 0.717) is 16.6 Å². The van der Waals surface area contributed by atoms with Gasteiger partial charge in [-0.25, -0.2) is 13.1 Å². The molecular formula is C12H11N3O2S3. The van der Waals surface area contributed by atoms with Crippen LogP contribution < -0.4 is 4.72 Å². The smallest absolute Gasteiger partial charge is 0.263 e. The number of thiophene rings is 2. The molecule has 20 heavy (non-hydrogen) atoms. The predicted molar refractivity (Wildman–Crippen MR) is 80.8 cm³/mol. The van der Waals surface area contributed by atoms with Gasteiger partial charge in [-0.2, -0.15) is 16.4 Å². The number of nitrogens with one attached hydrogen (secondary N) is 1. The summed E-state index contributed by atoms with van der Waals surface area (Å²) >= 11 is 2.78. The molecule has 3 heterocycles. The molecule has 3 rings (SSSR count). The van der Waals surface area contributed by atoms with Gasteiger partial charge in [-0.05, 0) is 33.8 Å². The van der Waals surface area contributed by atoms with Gasteiger partial charge in [0, 0.05) is 6.07 Å². The number of aromatic nitrogens is 2. The van der Waals surface area contributed by atoms with Crippen molar-refractivity contribution in [2.45, 2.75) is 10.8 Å². The molecule has 8 heteroatoms. The molecule has 104 valence electrons. The molecule has 0 spiro atoms. The van der Waals surface area contributed by atoms with E-state index >= 15 is 0 Å². The Morgan fingerprint density at radius 2 is 2.15 bits per heavy atom. The lowest BCUT2D eigenvalue weighted by Crippen LogP contribution is -2.15. The Morgan fingerprint density at radius 3 is 2.85 bits per heavy atom. The second-order valence-corrected chi connectivity index (χ2v) is 7.68. The maximum absolute atomic E-state index is 12.2. The maximum Gasteiger partial charge on any atom is 0.272 e. The highest BCUT2D eigenvalue weighted by atomic mass is 32.2. The quantitative estimate of drug-likeness (QED) is 0.784. The van der Waals surface area contributed by atoms with Crippen LogP contribution in [0.3, 0.4) is 0 Å². The lowest BCUT2D eigenvalue weighted by atomic mass is 10.3. The van der Waals surface area contributed by atoms with Gasteiger partial charge in [-0.3, -0.25) is 4.72 Å². The Balaban J connectivity index is 1.84. The summed E-state index contributed by atoms with van der Waals surface area (Å²) in [7, 11) is -3.53. The molecule has 0 aliphatic heterocycles. The molecule has 0 aromatic carbocycles. The summed E-state index contributed by atoms with van der Waals surface area (Å²) < 4.78 is 28.8. The van der Waals surface area contributed by atoms with Crippen molar-refractivity contribution in [2.75, 3.05) is 4.72 Å². The average molecular weight is 325 g/mol. The van der Waals surface area contributed by atoms with E-state index < -0.39 is 10.0 Å². The molecule has 0 fully saturated rings. The number of anilines is 1. The summed E-state index contributed by atoms with van der Waals surface area (Å²) in [4.78, 5) is 0. The molecule has 0 amide bonds. The van der Waals surface area contributed by atoms with Gasteiger partial charge in [0.05, 0.1) is 12.7 Å². The summed E-state index contributed by atoms with van der Waals surface area (Å²) in [6, 6.07) is 6.93. The van der Waals surface area contributed by atoms with Gasteiger partial charge < -0.3 is 0 Å². The van der Waals surface area contributed by atoms with Crippen LogP contribution in [0.2, 0.25) is 0 Å². The topological polar surface area (TPSA) is 64.0 Å². The summed E-state index contributed by atoms with van der Waals surface area (Å²) in [5, 5.41) is 9.88. The van der Waals surface area contributed by atoms with Crippen LogP contribution in [0, 0.1) is 0 Å². The Kier molecular flexibility index (Phi) is 3.60. The van der Waals surface area contributed by atoms with Gasteiger partial charge in [0.2, 0.25) is 0 Å². The number of rotatable bonds is 5. The molecular weight excluding hydrogens is 314 g/mol. The molecule has 0 unspecified atom stereocenters. The van der Waals surface area contributed by atoms with Crippen molar-refractivity contribution in [2.24, 2.45) is 0 Å². The van der Waals surface area contributed by atoms with Crippen LogP contribution in [-0.2, 0) is 16.6 Å². The van der Waals surface area contributed by atoms with Crippen LogP contribution in [0.5, 0.6) is 0 Å². The van der Waals surface area contributed by atoms with E-state index in [1.165, 1.54) is 11.3 Å². The Bertz CT molecular complexity index is 774. The highest BCUT2D eigenvalue weighted by molar-refractivity contribution is 7.94. The second kappa shape index (κ2) is 5.39. The Hall–Kier alpha value is -1.64. The zero-order valence-corrected chi connectivity index (χ0v) is 12.7. The summed E-state index contributed by atoms with van der Waals surface area (Å²) in [5.41, 5.74) is 1.09. The van der Waals surface area contributed by atoms with Crippen LogP contribution in [0.1, 0.15) is 5.56 Å². The lowest BCUT2D eigenvalue weighted by Gasteiger charge is -2.08. The molecule has 0 aliphatic carbocycles. The van der Waals surface area contributed by atoms with E-state index in [1.54, 1.807) is 45.8 Å². The van der Waals surface area contributed by atoms with Crippen molar-refractivity contribution in [3.8, 4) is 0 Å². The molecule has 3 aromatic heterocycles. The molecule has 0 atom stereocenters. The lowest BCUT2D eigenvalue weighted by molar-refractivity contribution is 0.601. The maximum atomic E-state index is 12.2. The summed E-state index contributed by atoms with van der Waals surface area (Å²) in [6.07, 6.45) is 1.58. The fourth-order valence-corrected chi connectivity index (χ4v) is 4.42. The van der Waals surface area contributed by atoms with Crippen molar-refractivity contribution in [1.82, 2.24) is 9.78 Å². The molecule has 0 saturated heterocycles. The third-order valence-corrected chi connectivity index (χ3v) is 6.11. The average Bonchev–Trinajstić information content (AvgIpc) is 3.12. The van der Waals surface area contributed by atoms with Crippen molar-refractivity contribution < 1.29 is 8.42 Å². The van der Waals surface area contributed by atoms with Crippen LogP contribution in [0.15, 0.2) is 50.8 Å². The van der Waals surface area contributed by atoms with E-state index in [2.05, 4.69) is 9.82 Å². The third kappa shape index (κ3) is 2.77. The minimum absolute atomic E-state index is 0.292. The first kappa shape index (κ1) is 13.3. The standard InChI is InChI=1S/C12H11N3O2S3/c16-20(17,12-2-1-6-19-12)14-11-3-5-13-15(11)8-10-4-7-18-9-10/h1-7,9,14H,8H2. The van der Waals surface area contributed by atoms with Crippen LogP contribution in [-0.4, -0.2) is 18.2 Å². The van der Waals surface area contributed by atoms with E-state index in [9.17, 15) is 8.42 Å². The number of hydrogen-bond acceptors (Lipinski definition) is 5. The molecule has 1 N–H and O–H groups in total. The molecule has 0 saturated carbocycles. The van der Waals surface area contributed by atoms with Crippen molar-refractivity contribution in [3.63, 3.8) is 0 Å². The first-order valence-electron chi connectivity index (χ1n) is 5.74. The summed E-state index contributed by atoms with van der Waals surface area (Å²) in [6.45, 7) is 0.540. The van der Waals surface area contributed by atoms with E-state index in [1.807, 2.05) is 16.8 Å². The van der Waals surface area contributed by atoms with Gasteiger partial charge in [-0.15, -0.1) is 11.3 Å². The van der Waals surface area contributed by atoms with Crippen molar-refractivity contribution >= 4 is 38.5 Å².